The van der Waals surface area contributed by atoms with Crippen LogP contribution in [0.4, 0.5) is 0 Å². The van der Waals surface area contributed by atoms with E-state index in [2.05, 4.69) is 17.4 Å². The van der Waals surface area contributed by atoms with Crippen LogP contribution in [-0.2, 0) is 11.8 Å². The average molecular weight is 252 g/mol. The molecule has 0 spiro atoms. The third kappa shape index (κ3) is 3.10. The van der Waals surface area contributed by atoms with Crippen molar-refractivity contribution >= 4 is 0 Å². The van der Waals surface area contributed by atoms with Crippen LogP contribution >= 0.6 is 0 Å². The van der Waals surface area contributed by atoms with E-state index >= 15 is 0 Å². The van der Waals surface area contributed by atoms with Gasteiger partial charge in [-0.2, -0.15) is 5.10 Å². The van der Waals surface area contributed by atoms with Gasteiger partial charge in [0, 0.05) is 31.0 Å². The van der Waals surface area contributed by atoms with Crippen molar-refractivity contribution in [3.63, 3.8) is 0 Å². The number of rotatable bonds is 6. The van der Waals surface area contributed by atoms with Crippen LogP contribution in [0.15, 0.2) is 6.20 Å². The largest absolute Gasteiger partial charge is 0.378 e. The molecule has 1 aliphatic heterocycles. The van der Waals surface area contributed by atoms with Crippen molar-refractivity contribution in [2.75, 3.05) is 6.61 Å². The summed E-state index contributed by atoms with van der Waals surface area (Å²) in [4.78, 5) is 0. The minimum absolute atomic E-state index is 0.195. The molecule has 2 atom stereocenters. The van der Waals surface area contributed by atoms with Crippen molar-refractivity contribution in [3.8, 4) is 0 Å². The number of aryl methyl sites for hydroxylation is 1. The predicted molar refractivity (Wildman–Crippen MR) is 70.8 cm³/mol. The molecule has 5 nitrogen and oxygen atoms in total. The fourth-order valence-electron chi connectivity index (χ4n) is 2.61. The van der Waals surface area contributed by atoms with E-state index in [9.17, 15) is 0 Å². The number of ether oxygens (including phenoxy) is 1. The number of hydrogen-bond acceptors (Lipinski definition) is 4. The molecule has 5 heteroatoms. The van der Waals surface area contributed by atoms with Crippen LogP contribution in [0.5, 0.6) is 0 Å². The van der Waals surface area contributed by atoms with Crippen LogP contribution < -0.4 is 11.3 Å². The van der Waals surface area contributed by atoms with Gasteiger partial charge in [0.25, 0.3) is 0 Å². The molecule has 1 aliphatic rings. The summed E-state index contributed by atoms with van der Waals surface area (Å²) in [5.41, 5.74) is 5.28. The zero-order chi connectivity index (χ0) is 13.0. The van der Waals surface area contributed by atoms with Crippen molar-refractivity contribution in [2.24, 2.45) is 12.9 Å². The fourth-order valence-corrected chi connectivity index (χ4v) is 2.61. The summed E-state index contributed by atoms with van der Waals surface area (Å²) < 4.78 is 7.52. The molecule has 0 aliphatic carbocycles. The van der Waals surface area contributed by atoms with Crippen LogP contribution in [0.25, 0.3) is 0 Å². The zero-order valence-corrected chi connectivity index (χ0v) is 11.4. The lowest BCUT2D eigenvalue weighted by molar-refractivity contribution is 0.101. The maximum absolute atomic E-state index is 5.66. The van der Waals surface area contributed by atoms with Gasteiger partial charge in [-0.05, 0) is 39.0 Å². The second kappa shape index (κ2) is 6.31. The lowest BCUT2D eigenvalue weighted by atomic mass is 10.0. The Morgan fingerprint density at radius 3 is 3.06 bits per heavy atom. The van der Waals surface area contributed by atoms with Crippen molar-refractivity contribution in [1.82, 2.24) is 15.2 Å². The van der Waals surface area contributed by atoms with Crippen molar-refractivity contribution in [1.29, 1.82) is 0 Å². The second-order valence-electron chi connectivity index (χ2n) is 5.09. The van der Waals surface area contributed by atoms with Crippen LogP contribution in [0.3, 0.4) is 0 Å². The lowest BCUT2D eigenvalue weighted by Crippen LogP contribution is -2.28. The molecule has 0 radical (unpaired) electrons. The van der Waals surface area contributed by atoms with Crippen LogP contribution in [0, 0.1) is 6.92 Å². The first-order valence-electron chi connectivity index (χ1n) is 6.78. The van der Waals surface area contributed by atoms with E-state index in [0.29, 0.717) is 6.10 Å². The van der Waals surface area contributed by atoms with Gasteiger partial charge < -0.3 is 4.74 Å². The maximum Gasteiger partial charge on any atom is 0.0576 e. The van der Waals surface area contributed by atoms with Gasteiger partial charge in [0.05, 0.1) is 12.3 Å². The fraction of sp³-hybridized carbons (Fsp3) is 0.769. The maximum atomic E-state index is 5.66. The highest BCUT2D eigenvalue weighted by Crippen LogP contribution is 2.24. The third-order valence-electron chi connectivity index (χ3n) is 3.89. The lowest BCUT2D eigenvalue weighted by Gasteiger charge is -2.16. The first kappa shape index (κ1) is 13.5. The number of nitrogens with zero attached hydrogens (tertiary/aromatic N) is 2. The van der Waals surface area contributed by atoms with Gasteiger partial charge in [-0.25, -0.2) is 0 Å². The van der Waals surface area contributed by atoms with Gasteiger partial charge in [-0.15, -0.1) is 0 Å². The topological polar surface area (TPSA) is 65.1 Å². The number of aromatic nitrogens is 2. The number of hydrogen-bond donors (Lipinski definition) is 2. The van der Waals surface area contributed by atoms with E-state index in [0.717, 1.165) is 25.9 Å². The highest BCUT2D eigenvalue weighted by Gasteiger charge is 2.18. The zero-order valence-electron chi connectivity index (χ0n) is 11.4. The molecule has 2 heterocycles. The Bertz CT molecular complexity index is 371. The smallest absolute Gasteiger partial charge is 0.0576 e. The molecule has 0 saturated carbocycles. The molecule has 2 unspecified atom stereocenters. The number of nitrogens with one attached hydrogen (secondary N) is 1. The predicted octanol–water partition coefficient (Wildman–Crippen LogP) is 1.58. The molecule has 1 aromatic rings. The Hall–Kier alpha value is -0.910. The van der Waals surface area contributed by atoms with E-state index in [4.69, 9.17) is 10.6 Å². The van der Waals surface area contributed by atoms with Gasteiger partial charge >= 0.3 is 0 Å². The first-order valence-corrected chi connectivity index (χ1v) is 6.78. The van der Waals surface area contributed by atoms with Crippen molar-refractivity contribution < 1.29 is 4.74 Å². The van der Waals surface area contributed by atoms with Crippen molar-refractivity contribution in [3.05, 3.63) is 17.5 Å². The Balaban J connectivity index is 1.83. The summed E-state index contributed by atoms with van der Waals surface area (Å²) >= 11 is 0. The second-order valence-corrected chi connectivity index (χ2v) is 5.09. The highest BCUT2D eigenvalue weighted by molar-refractivity contribution is 5.20. The molecular formula is C13H24N4O. The SMILES string of the molecule is Cc1c(C(CCCC2CCCO2)NN)cnn1C. The van der Waals surface area contributed by atoms with Crippen molar-refractivity contribution in [2.45, 2.75) is 51.2 Å². The van der Waals surface area contributed by atoms with Gasteiger partial charge in [-0.3, -0.25) is 16.0 Å². The minimum Gasteiger partial charge on any atom is -0.378 e. The minimum atomic E-state index is 0.195. The molecule has 102 valence electrons. The molecule has 1 fully saturated rings. The van der Waals surface area contributed by atoms with Gasteiger partial charge in [0.2, 0.25) is 0 Å². The Kier molecular flexibility index (Phi) is 4.74. The van der Waals surface area contributed by atoms with E-state index in [1.807, 2.05) is 17.9 Å². The summed E-state index contributed by atoms with van der Waals surface area (Å²) in [5, 5.41) is 4.27. The Morgan fingerprint density at radius 1 is 1.67 bits per heavy atom. The summed E-state index contributed by atoms with van der Waals surface area (Å²) in [7, 11) is 1.96. The Labute approximate surface area is 109 Å². The van der Waals surface area contributed by atoms with E-state index in [-0.39, 0.29) is 6.04 Å². The monoisotopic (exact) mass is 252 g/mol. The van der Waals surface area contributed by atoms with Crippen LogP contribution in [0.1, 0.15) is 49.4 Å². The van der Waals surface area contributed by atoms with Crippen LogP contribution in [0.2, 0.25) is 0 Å². The molecule has 0 bridgehead atoms. The molecule has 0 amide bonds. The molecule has 1 saturated heterocycles. The first-order chi connectivity index (χ1) is 8.72. The van der Waals surface area contributed by atoms with Gasteiger partial charge in [0.1, 0.15) is 0 Å². The Morgan fingerprint density at radius 2 is 2.50 bits per heavy atom. The third-order valence-corrected chi connectivity index (χ3v) is 3.89. The van der Waals surface area contributed by atoms with E-state index < -0.39 is 0 Å². The van der Waals surface area contributed by atoms with Gasteiger partial charge in [-0.1, -0.05) is 0 Å². The van der Waals surface area contributed by atoms with Gasteiger partial charge in [0.15, 0.2) is 0 Å². The average Bonchev–Trinajstić information content (AvgIpc) is 2.98. The van der Waals surface area contributed by atoms with E-state index in [1.54, 1.807) is 0 Å². The summed E-state index contributed by atoms with van der Waals surface area (Å²) in [6, 6.07) is 0.195. The number of nitrogens with two attached hydrogens (primary N) is 1. The molecule has 2 rings (SSSR count). The van der Waals surface area contributed by atoms with Crippen LogP contribution in [-0.4, -0.2) is 22.5 Å². The number of hydrazine groups is 1. The molecule has 3 N–H and O–H groups in total. The molecule has 1 aromatic heterocycles. The molecule has 18 heavy (non-hydrogen) atoms. The summed E-state index contributed by atoms with van der Waals surface area (Å²) in [5.74, 6) is 5.66. The molecule has 0 aromatic carbocycles. The standard InChI is InChI=1S/C13H24N4O/c1-10-12(9-15-17(10)2)13(16-14)7-3-5-11-6-4-8-18-11/h9,11,13,16H,3-8,14H2,1-2H3. The highest BCUT2D eigenvalue weighted by atomic mass is 16.5. The van der Waals surface area contributed by atoms with E-state index in [1.165, 1.54) is 24.1 Å². The normalized spacial score (nSPS) is 21.4. The molecular weight excluding hydrogens is 228 g/mol. The quantitative estimate of drug-likeness (QED) is 0.596. The summed E-state index contributed by atoms with van der Waals surface area (Å²) in [6.45, 7) is 3.01. The summed E-state index contributed by atoms with van der Waals surface area (Å²) in [6.07, 6.45) is 8.11.